The summed E-state index contributed by atoms with van der Waals surface area (Å²) in [5.74, 6) is -0.638. The first kappa shape index (κ1) is 21.3. The Morgan fingerprint density at radius 2 is 1.33 bits per heavy atom. The second kappa shape index (κ2) is 12.6. The third-order valence-electron chi connectivity index (χ3n) is 4.67. The van der Waals surface area contributed by atoms with E-state index >= 15 is 0 Å². The van der Waals surface area contributed by atoms with Gasteiger partial charge in [0, 0.05) is 4.91 Å². The maximum absolute atomic E-state index is 8.61. The van der Waals surface area contributed by atoms with Gasteiger partial charge >= 0.3 is 0 Å². The van der Waals surface area contributed by atoms with Crippen molar-refractivity contribution in [1.82, 2.24) is 0 Å². The van der Waals surface area contributed by atoms with Crippen LogP contribution < -0.4 is 0 Å². The largest absolute Gasteiger partial charge is 0.344 e. The third kappa shape index (κ3) is 9.51. The van der Waals surface area contributed by atoms with Crippen LogP contribution in [0.4, 0.5) is 0 Å². The molecule has 5 heteroatoms. The number of hydrogen-bond acceptors (Lipinski definition) is 3. The molecule has 0 radical (unpaired) electrons. The highest BCUT2D eigenvalue weighted by Gasteiger charge is 2.40. The third-order valence-corrected chi connectivity index (χ3v) is 4.67. The topological polar surface area (TPSA) is 67.2 Å². The Labute approximate surface area is 148 Å². The van der Waals surface area contributed by atoms with Crippen molar-refractivity contribution in [3.63, 3.8) is 0 Å². The lowest BCUT2D eigenvalue weighted by molar-refractivity contribution is -0.146. The highest BCUT2D eigenvalue weighted by molar-refractivity contribution is 4.80. The Morgan fingerprint density at radius 1 is 0.833 bits per heavy atom. The van der Waals surface area contributed by atoms with Crippen LogP contribution in [0.3, 0.4) is 0 Å². The number of hydrogen-bond donors (Lipinski definition) is 0. The molecule has 1 aliphatic heterocycles. The van der Waals surface area contributed by atoms with Crippen LogP contribution >= 0.6 is 0 Å². The predicted molar refractivity (Wildman–Crippen MR) is 98.7 cm³/mol. The molecule has 1 rings (SSSR count). The molecule has 0 spiro atoms. The summed E-state index contributed by atoms with van der Waals surface area (Å²) in [6.07, 6.45) is 16.4. The molecule has 0 aliphatic carbocycles. The van der Waals surface area contributed by atoms with Crippen molar-refractivity contribution in [2.45, 2.75) is 122 Å². The standard InChI is InChI=1S/C19H37N3O2/c1-4-5-6-7-8-9-10-11-12-13-14-15-16-17-18(21-22-20)24-19(2,3)23-17/h17-18H,4-16H2,1-3H3/t17-,18-/m0/s1. The number of rotatable bonds is 14. The van der Waals surface area contributed by atoms with Crippen molar-refractivity contribution in [1.29, 1.82) is 0 Å². The van der Waals surface area contributed by atoms with Gasteiger partial charge in [-0.25, -0.2) is 0 Å². The molecule has 1 heterocycles. The molecule has 0 aromatic heterocycles. The maximum Gasteiger partial charge on any atom is 0.166 e. The summed E-state index contributed by atoms with van der Waals surface area (Å²) >= 11 is 0. The average molecular weight is 340 g/mol. The van der Waals surface area contributed by atoms with Gasteiger partial charge in [0.05, 0.1) is 6.10 Å². The van der Waals surface area contributed by atoms with Crippen LogP contribution in [-0.4, -0.2) is 18.1 Å². The number of nitrogens with zero attached hydrogens (tertiary/aromatic N) is 3. The average Bonchev–Trinajstić information content (AvgIpc) is 2.83. The molecule has 2 atom stereocenters. The van der Waals surface area contributed by atoms with E-state index in [9.17, 15) is 0 Å². The quantitative estimate of drug-likeness (QED) is 0.150. The zero-order chi connectivity index (χ0) is 17.7. The Hall–Kier alpha value is -0.770. The van der Waals surface area contributed by atoms with E-state index in [4.69, 9.17) is 15.0 Å². The molecule has 0 bridgehead atoms. The Kier molecular flexibility index (Phi) is 11.1. The maximum atomic E-state index is 8.61. The summed E-state index contributed by atoms with van der Waals surface area (Å²) in [4.78, 5) is 2.86. The van der Waals surface area contributed by atoms with Crippen LogP contribution in [0.2, 0.25) is 0 Å². The number of unbranched alkanes of at least 4 members (excludes halogenated alkanes) is 11. The van der Waals surface area contributed by atoms with Crippen LogP contribution in [-0.2, 0) is 9.47 Å². The van der Waals surface area contributed by atoms with Crippen molar-refractivity contribution >= 4 is 0 Å². The molecule has 1 saturated heterocycles. The van der Waals surface area contributed by atoms with Crippen molar-refractivity contribution < 1.29 is 9.47 Å². The smallest absolute Gasteiger partial charge is 0.166 e. The lowest BCUT2D eigenvalue weighted by atomic mass is 10.0. The molecule has 0 aromatic rings. The van der Waals surface area contributed by atoms with Gasteiger partial charge in [0.25, 0.3) is 0 Å². The van der Waals surface area contributed by atoms with Gasteiger partial charge < -0.3 is 9.47 Å². The minimum Gasteiger partial charge on any atom is -0.344 e. The van der Waals surface area contributed by atoms with Crippen molar-refractivity contribution in [3.05, 3.63) is 10.4 Å². The van der Waals surface area contributed by atoms with Crippen LogP contribution in [0.25, 0.3) is 10.4 Å². The molecule has 0 aromatic carbocycles. The first-order valence-electron chi connectivity index (χ1n) is 9.99. The van der Waals surface area contributed by atoms with Gasteiger partial charge in [-0.2, -0.15) is 0 Å². The van der Waals surface area contributed by atoms with Crippen molar-refractivity contribution in [3.8, 4) is 0 Å². The minimum atomic E-state index is -0.638. The molecule has 1 fully saturated rings. The van der Waals surface area contributed by atoms with Gasteiger partial charge in [0.2, 0.25) is 0 Å². The fraction of sp³-hybridized carbons (Fsp3) is 1.00. The summed E-state index contributed by atoms with van der Waals surface area (Å²) in [6, 6.07) is 0. The SMILES string of the molecule is CCCCCCCCCCCCCC[C@@H]1OC(C)(C)O[C@@H]1N=[N+]=[N-]. The van der Waals surface area contributed by atoms with Gasteiger partial charge in [-0.15, -0.1) is 0 Å². The molecule has 24 heavy (non-hydrogen) atoms. The monoisotopic (exact) mass is 339 g/mol. The van der Waals surface area contributed by atoms with Gasteiger partial charge in [-0.1, -0.05) is 89.1 Å². The van der Waals surface area contributed by atoms with Gasteiger partial charge in [-0.05, 0) is 25.8 Å². The summed E-state index contributed by atoms with van der Waals surface area (Å²) in [5.41, 5.74) is 8.61. The minimum absolute atomic E-state index is 0.0981. The highest BCUT2D eigenvalue weighted by atomic mass is 16.8. The Morgan fingerprint density at radius 3 is 1.83 bits per heavy atom. The van der Waals surface area contributed by atoms with Crippen molar-refractivity contribution in [2.24, 2.45) is 5.11 Å². The van der Waals surface area contributed by atoms with Crippen molar-refractivity contribution in [2.75, 3.05) is 0 Å². The van der Waals surface area contributed by atoms with Gasteiger partial charge in [0.15, 0.2) is 12.0 Å². The zero-order valence-corrected chi connectivity index (χ0v) is 16.0. The first-order valence-corrected chi connectivity index (χ1v) is 9.99. The normalized spacial score (nSPS) is 22.5. The molecule has 0 unspecified atom stereocenters. The number of azide groups is 1. The number of ether oxygens (including phenoxy) is 2. The van der Waals surface area contributed by atoms with E-state index in [0.717, 1.165) is 12.8 Å². The van der Waals surface area contributed by atoms with E-state index in [2.05, 4.69) is 16.9 Å². The molecule has 140 valence electrons. The summed E-state index contributed by atoms with van der Waals surface area (Å²) in [7, 11) is 0. The molecule has 0 N–H and O–H groups in total. The second-order valence-electron chi connectivity index (χ2n) is 7.45. The van der Waals surface area contributed by atoms with E-state index in [1.807, 2.05) is 13.8 Å². The molecule has 5 nitrogen and oxygen atoms in total. The van der Waals surface area contributed by atoms with E-state index in [1.54, 1.807) is 0 Å². The highest BCUT2D eigenvalue weighted by Crippen LogP contribution is 2.31. The van der Waals surface area contributed by atoms with E-state index in [0.29, 0.717) is 0 Å². The summed E-state index contributed by atoms with van der Waals surface area (Å²) < 4.78 is 11.4. The lowest BCUT2D eigenvalue weighted by Gasteiger charge is -2.16. The fourth-order valence-corrected chi connectivity index (χ4v) is 3.35. The van der Waals surface area contributed by atoms with E-state index in [1.165, 1.54) is 70.6 Å². The van der Waals surface area contributed by atoms with E-state index < -0.39 is 12.0 Å². The van der Waals surface area contributed by atoms with Gasteiger partial charge in [-0.3, -0.25) is 0 Å². The molecule has 0 saturated carbocycles. The zero-order valence-electron chi connectivity index (χ0n) is 16.0. The Bertz CT molecular complexity index is 368. The molecule has 1 aliphatic rings. The first-order chi connectivity index (χ1) is 11.6. The summed E-state index contributed by atoms with van der Waals surface area (Å²) in [5, 5.41) is 3.71. The van der Waals surface area contributed by atoms with Crippen LogP contribution in [0.5, 0.6) is 0 Å². The predicted octanol–water partition coefficient (Wildman–Crippen LogP) is 6.87. The molecule has 0 amide bonds. The second-order valence-corrected chi connectivity index (χ2v) is 7.45. The molecular weight excluding hydrogens is 302 g/mol. The lowest BCUT2D eigenvalue weighted by Crippen LogP contribution is -2.21. The molecular formula is C19H37N3O2. The summed E-state index contributed by atoms with van der Waals surface area (Å²) in [6.45, 7) is 6.01. The van der Waals surface area contributed by atoms with Crippen LogP contribution in [0.15, 0.2) is 5.11 Å². The van der Waals surface area contributed by atoms with Crippen LogP contribution in [0.1, 0.15) is 104 Å². The Balaban J connectivity index is 1.95. The van der Waals surface area contributed by atoms with E-state index in [-0.39, 0.29) is 6.10 Å². The fourth-order valence-electron chi connectivity index (χ4n) is 3.35. The van der Waals surface area contributed by atoms with Gasteiger partial charge in [0.1, 0.15) is 0 Å². The van der Waals surface area contributed by atoms with Crippen LogP contribution in [0, 0.1) is 0 Å².